The van der Waals surface area contributed by atoms with Gasteiger partial charge in [0.05, 0.1) is 27.8 Å². The molecule has 0 aliphatic heterocycles. The monoisotopic (exact) mass is 1120 g/mol. The van der Waals surface area contributed by atoms with Crippen LogP contribution < -0.4 is 20.7 Å². The van der Waals surface area contributed by atoms with E-state index < -0.39 is 8.07 Å². The highest BCUT2D eigenvalue weighted by Gasteiger charge is 2.43. The molecule has 0 N–H and O–H groups in total. The number of benzene rings is 14. The van der Waals surface area contributed by atoms with E-state index in [4.69, 9.17) is 0 Å². The van der Waals surface area contributed by atoms with Crippen LogP contribution in [0.2, 0.25) is 0 Å². The predicted octanol–water partition coefficient (Wildman–Crippen LogP) is 19.3. The number of hydrogen-bond acceptors (Lipinski definition) is 0. The van der Waals surface area contributed by atoms with Gasteiger partial charge in [-0.1, -0.05) is 297 Å². The van der Waals surface area contributed by atoms with Crippen LogP contribution in [0.3, 0.4) is 0 Å². The molecule has 0 saturated carbocycles. The highest BCUT2D eigenvalue weighted by molar-refractivity contribution is 7.20. The second-order valence-corrected chi connectivity index (χ2v) is 26.6. The van der Waals surface area contributed by atoms with Crippen LogP contribution in [-0.2, 0) is 0 Å². The van der Waals surface area contributed by atoms with Crippen molar-refractivity contribution < 1.29 is 0 Å². The number of rotatable bonds is 12. The van der Waals surface area contributed by atoms with E-state index >= 15 is 0 Å². The van der Waals surface area contributed by atoms with E-state index in [9.17, 15) is 0 Å². The molecule has 2 aromatic heterocycles. The Morgan fingerprint density at radius 3 is 1.00 bits per heavy atom. The highest BCUT2D eigenvalue weighted by atomic mass is 28.3. The molecule has 0 fully saturated rings. The molecule has 408 valence electrons. The molecular formula is C84H58N2Si. The van der Waals surface area contributed by atoms with Gasteiger partial charge in [-0.25, -0.2) is 0 Å². The first kappa shape index (κ1) is 51.5. The maximum atomic E-state index is 2.58. The van der Waals surface area contributed by atoms with E-state index in [2.05, 4.69) is 361 Å². The lowest BCUT2D eigenvalue weighted by Gasteiger charge is -2.36. The van der Waals surface area contributed by atoms with Crippen molar-refractivity contribution in [3.05, 3.63) is 352 Å². The Morgan fingerprint density at radius 1 is 0.184 bits per heavy atom. The van der Waals surface area contributed by atoms with Crippen molar-refractivity contribution in [1.82, 2.24) is 9.13 Å². The second kappa shape index (κ2) is 21.8. The third-order valence-corrected chi connectivity index (χ3v) is 22.5. The smallest absolute Gasteiger partial charge is 0.179 e. The van der Waals surface area contributed by atoms with E-state index in [1.165, 1.54) is 109 Å². The fourth-order valence-electron chi connectivity index (χ4n) is 13.9. The van der Waals surface area contributed by atoms with Crippen molar-refractivity contribution >= 4 is 72.4 Å². The van der Waals surface area contributed by atoms with Gasteiger partial charge in [0.1, 0.15) is 0 Å². The van der Waals surface area contributed by atoms with Gasteiger partial charge in [0, 0.05) is 38.4 Å². The molecule has 0 atom stereocenters. The normalized spacial score (nSPS) is 11.7. The molecule has 87 heavy (non-hydrogen) atoms. The fraction of sp³-hybridized carbons (Fsp3) is 0. The van der Waals surface area contributed by atoms with Gasteiger partial charge in [-0.2, -0.15) is 0 Å². The van der Waals surface area contributed by atoms with E-state index in [0.717, 1.165) is 33.5 Å². The molecule has 16 rings (SSSR count). The molecule has 0 aliphatic rings. The van der Waals surface area contributed by atoms with Gasteiger partial charge in [-0.3, -0.25) is 0 Å². The summed E-state index contributed by atoms with van der Waals surface area (Å²) >= 11 is 0. The number of fused-ring (bicyclic) bond motifs is 6. The quantitative estimate of drug-likeness (QED) is 0.0852. The van der Waals surface area contributed by atoms with Gasteiger partial charge in [-0.05, 0) is 131 Å². The molecular weight excluding hydrogens is 1070 g/mol. The predicted molar refractivity (Wildman–Crippen MR) is 371 cm³/mol. The first-order valence-electron chi connectivity index (χ1n) is 30.1. The Morgan fingerprint density at radius 2 is 0.529 bits per heavy atom. The summed E-state index contributed by atoms with van der Waals surface area (Å²) in [5.74, 6) is 0. The van der Waals surface area contributed by atoms with Crippen molar-refractivity contribution in [1.29, 1.82) is 0 Å². The average Bonchev–Trinajstić information content (AvgIpc) is 1.89. The maximum Gasteiger partial charge on any atom is 0.179 e. The number of nitrogens with zero attached hydrogens (tertiary/aromatic N) is 2. The molecule has 3 heteroatoms. The van der Waals surface area contributed by atoms with Gasteiger partial charge in [0.25, 0.3) is 0 Å². The van der Waals surface area contributed by atoms with Crippen LogP contribution in [0.5, 0.6) is 0 Å². The Labute approximate surface area is 508 Å². The zero-order valence-electron chi connectivity index (χ0n) is 47.9. The molecule has 0 unspecified atom stereocenters. The number of aromatic nitrogens is 2. The SMILES string of the molecule is c1ccc(-c2cccc(-n3c4ccccc4c4cc(-c5ccc6c(c5)c5ccccc5n6-c5c(-c6ccccc6)cc([Si](c6ccccc6)(c6ccccc6)c6cc(-c7ccccc7)cc(-c7ccccc7)c6)cc5-c5ccccc5)ccc43)c2)cc1. The average molecular weight is 1120 g/mol. The summed E-state index contributed by atoms with van der Waals surface area (Å²) in [6.07, 6.45) is 0. The van der Waals surface area contributed by atoms with Crippen LogP contribution in [0.4, 0.5) is 0 Å². The fourth-order valence-corrected chi connectivity index (χ4v) is 18.7. The minimum atomic E-state index is -3.30. The summed E-state index contributed by atoms with van der Waals surface area (Å²) in [6.45, 7) is 0. The third-order valence-electron chi connectivity index (χ3n) is 17.8. The molecule has 14 aromatic carbocycles. The van der Waals surface area contributed by atoms with Crippen molar-refractivity contribution in [2.45, 2.75) is 0 Å². The highest BCUT2D eigenvalue weighted by Crippen LogP contribution is 2.44. The Kier molecular flexibility index (Phi) is 12.9. The van der Waals surface area contributed by atoms with Crippen molar-refractivity contribution in [2.75, 3.05) is 0 Å². The van der Waals surface area contributed by atoms with Gasteiger partial charge < -0.3 is 9.13 Å². The van der Waals surface area contributed by atoms with Crippen molar-refractivity contribution in [2.24, 2.45) is 0 Å². The Bertz CT molecular complexity index is 5010. The van der Waals surface area contributed by atoms with E-state index in [-0.39, 0.29) is 0 Å². The van der Waals surface area contributed by atoms with Crippen molar-refractivity contribution in [3.63, 3.8) is 0 Å². The number of para-hydroxylation sites is 2. The summed E-state index contributed by atoms with van der Waals surface area (Å²) in [4.78, 5) is 0. The molecule has 0 amide bonds. The molecule has 0 saturated heterocycles. The largest absolute Gasteiger partial charge is 0.309 e. The lowest BCUT2D eigenvalue weighted by molar-refractivity contribution is 1.18. The molecule has 16 aromatic rings. The molecule has 0 aliphatic carbocycles. The summed E-state index contributed by atoms with van der Waals surface area (Å²) in [5.41, 5.74) is 21.1. The van der Waals surface area contributed by atoms with Gasteiger partial charge in [0.15, 0.2) is 8.07 Å². The zero-order chi connectivity index (χ0) is 57.7. The van der Waals surface area contributed by atoms with E-state index in [0.29, 0.717) is 0 Å². The number of hydrogen-bond donors (Lipinski definition) is 0. The first-order chi connectivity index (χ1) is 43.2. The summed E-state index contributed by atoms with van der Waals surface area (Å²) in [6, 6.07) is 131. The Hall–Kier alpha value is -11.1. The van der Waals surface area contributed by atoms with Gasteiger partial charge in [-0.15, -0.1) is 0 Å². The van der Waals surface area contributed by atoms with Gasteiger partial charge >= 0.3 is 0 Å². The van der Waals surface area contributed by atoms with Crippen LogP contribution >= 0.6 is 0 Å². The molecule has 0 radical (unpaired) electrons. The van der Waals surface area contributed by atoms with Gasteiger partial charge in [0.2, 0.25) is 0 Å². The zero-order valence-corrected chi connectivity index (χ0v) is 48.9. The Balaban J connectivity index is 0.950. The topological polar surface area (TPSA) is 9.86 Å². The lowest BCUT2D eigenvalue weighted by atomic mass is 9.95. The minimum absolute atomic E-state index is 1.14. The lowest BCUT2D eigenvalue weighted by Crippen LogP contribution is -2.74. The molecule has 0 bridgehead atoms. The summed E-state index contributed by atoms with van der Waals surface area (Å²) in [7, 11) is -3.30. The van der Waals surface area contributed by atoms with Crippen LogP contribution in [-0.4, -0.2) is 17.2 Å². The van der Waals surface area contributed by atoms with E-state index in [1.807, 2.05) is 0 Å². The molecule has 2 heterocycles. The summed E-state index contributed by atoms with van der Waals surface area (Å²) < 4.78 is 4.99. The minimum Gasteiger partial charge on any atom is -0.309 e. The van der Waals surface area contributed by atoms with E-state index in [1.54, 1.807) is 0 Å². The van der Waals surface area contributed by atoms with Crippen LogP contribution in [0.1, 0.15) is 0 Å². The second-order valence-electron chi connectivity index (χ2n) is 22.8. The standard InChI is InChI=1S/C84H58N2Si/c1-8-27-59(28-9-1)64-37-26-38-69(52-64)85-80-45-24-22-43-74(80)78-55-65(47-49-82(78)85)66-48-50-83-79(56-66)75-44-23-25-46-81(75)86(83)84-76(62-33-14-4-15-34-62)57-73(58-77(84)63-35-16-5-17-36-63)87(70-39-18-6-19-40-70,71-41-20-7-21-42-71)72-53-67(60-29-10-2-11-30-60)51-68(54-72)61-31-12-3-13-32-61/h1-58H. The molecule has 2 nitrogen and oxygen atoms in total. The van der Waals surface area contributed by atoms with Crippen LogP contribution in [0.15, 0.2) is 352 Å². The maximum absolute atomic E-state index is 3.30. The summed E-state index contributed by atoms with van der Waals surface area (Å²) in [5, 5.41) is 10.1. The molecule has 0 spiro atoms. The first-order valence-corrected chi connectivity index (χ1v) is 32.1. The van der Waals surface area contributed by atoms with Crippen LogP contribution in [0, 0.1) is 0 Å². The third kappa shape index (κ3) is 8.95. The van der Waals surface area contributed by atoms with Crippen LogP contribution in [0.25, 0.3) is 122 Å². The van der Waals surface area contributed by atoms with Crippen molar-refractivity contribution in [3.8, 4) is 78.1 Å².